The molecule has 1 amide bonds. The lowest BCUT2D eigenvalue weighted by Crippen LogP contribution is -2.24. The van der Waals surface area contributed by atoms with E-state index in [0.29, 0.717) is 18.7 Å². The molecule has 1 aliphatic rings. The van der Waals surface area contributed by atoms with E-state index in [0.717, 1.165) is 23.8 Å². The Labute approximate surface area is 171 Å². The van der Waals surface area contributed by atoms with Gasteiger partial charge in [0.05, 0.1) is 5.01 Å². The summed E-state index contributed by atoms with van der Waals surface area (Å²) in [4.78, 5) is 19.1. The fraction of sp³-hybridized carbons (Fsp3) is 0.444. The Balaban J connectivity index is 0.00000169. The van der Waals surface area contributed by atoms with E-state index in [1.165, 1.54) is 42.7 Å². The van der Waals surface area contributed by atoms with Gasteiger partial charge in [-0.15, -0.1) is 36.2 Å². The Hall–Kier alpha value is -1.34. The number of carbonyl (C=O) groups is 1. The first-order valence-electron chi connectivity index (χ1n) is 8.57. The number of nitrogens with one attached hydrogen (secondary N) is 1. The molecule has 26 heavy (non-hydrogen) atoms. The predicted molar refractivity (Wildman–Crippen MR) is 114 cm³/mol. The normalized spacial score (nSPS) is 14.0. The number of nitrogens with two attached hydrogens (primary N) is 1. The largest absolute Gasteiger partial charge is 0.371 e. The van der Waals surface area contributed by atoms with Crippen molar-refractivity contribution in [1.82, 2.24) is 4.98 Å². The molecule has 1 aromatic carbocycles. The summed E-state index contributed by atoms with van der Waals surface area (Å²) >= 11 is 1.48. The average molecular weight is 417 g/mol. The first-order valence-corrected chi connectivity index (χ1v) is 9.45. The van der Waals surface area contributed by atoms with Crippen molar-refractivity contribution in [2.45, 2.75) is 32.1 Å². The molecule has 0 bridgehead atoms. The fourth-order valence-electron chi connectivity index (χ4n) is 2.96. The van der Waals surface area contributed by atoms with Crippen molar-refractivity contribution in [2.24, 2.45) is 5.73 Å². The maximum absolute atomic E-state index is 12.4. The van der Waals surface area contributed by atoms with Crippen LogP contribution in [0.15, 0.2) is 29.6 Å². The number of thiazole rings is 1. The van der Waals surface area contributed by atoms with Gasteiger partial charge in [-0.25, -0.2) is 4.98 Å². The molecule has 0 atom stereocenters. The summed E-state index contributed by atoms with van der Waals surface area (Å²) in [5.41, 5.74) is 7.98. The minimum atomic E-state index is -0.164. The SMILES string of the molecule is Cl.Cl.NCCc1nc(C(=O)Nc2cccc(N3CCCCCC3)c2)cs1. The van der Waals surface area contributed by atoms with E-state index in [1.54, 1.807) is 5.38 Å². The number of nitrogens with zero attached hydrogens (tertiary/aromatic N) is 2. The number of hydrogen-bond donors (Lipinski definition) is 2. The van der Waals surface area contributed by atoms with Crippen molar-refractivity contribution >= 4 is 53.4 Å². The van der Waals surface area contributed by atoms with Crippen LogP contribution in [0.2, 0.25) is 0 Å². The van der Waals surface area contributed by atoms with Crippen molar-refractivity contribution in [3.63, 3.8) is 0 Å². The lowest BCUT2D eigenvalue weighted by atomic mass is 10.2. The summed E-state index contributed by atoms with van der Waals surface area (Å²) in [6.45, 7) is 2.73. The molecule has 1 aromatic heterocycles. The molecular weight excluding hydrogens is 391 g/mol. The molecule has 8 heteroatoms. The van der Waals surface area contributed by atoms with E-state index in [2.05, 4.69) is 27.3 Å². The maximum Gasteiger partial charge on any atom is 0.275 e. The van der Waals surface area contributed by atoms with Crippen LogP contribution in [0.25, 0.3) is 0 Å². The van der Waals surface area contributed by atoms with E-state index < -0.39 is 0 Å². The second-order valence-corrected chi connectivity index (χ2v) is 7.01. The van der Waals surface area contributed by atoms with Gasteiger partial charge in [-0.3, -0.25) is 4.79 Å². The number of carbonyl (C=O) groups excluding carboxylic acids is 1. The number of benzene rings is 1. The average Bonchev–Trinajstić information content (AvgIpc) is 2.89. The van der Waals surface area contributed by atoms with Gasteiger partial charge in [0.15, 0.2) is 0 Å². The summed E-state index contributed by atoms with van der Waals surface area (Å²) in [6, 6.07) is 8.09. The molecule has 5 nitrogen and oxygen atoms in total. The van der Waals surface area contributed by atoms with Crippen molar-refractivity contribution in [1.29, 1.82) is 0 Å². The van der Waals surface area contributed by atoms with Gasteiger partial charge in [0, 0.05) is 36.3 Å². The predicted octanol–water partition coefficient (Wildman–Crippen LogP) is 4.12. The van der Waals surface area contributed by atoms with Crippen LogP contribution >= 0.6 is 36.2 Å². The second kappa shape index (κ2) is 11.4. The first-order chi connectivity index (χ1) is 11.8. The minimum Gasteiger partial charge on any atom is -0.371 e. The lowest BCUT2D eigenvalue weighted by molar-refractivity contribution is 0.102. The zero-order valence-electron chi connectivity index (χ0n) is 14.6. The third kappa shape index (κ3) is 6.13. The van der Waals surface area contributed by atoms with E-state index >= 15 is 0 Å². The van der Waals surface area contributed by atoms with Crippen molar-refractivity contribution in [3.8, 4) is 0 Å². The van der Waals surface area contributed by atoms with E-state index in [1.807, 2.05) is 12.1 Å². The molecule has 0 saturated carbocycles. The number of halogens is 2. The van der Waals surface area contributed by atoms with Crippen LogP contribution in [-0.2, 0) is 6.42 Å². The maximum atomic E-state index is 12.4. The Bertz CT molecular complexity index is 687. The quantitative estimate of drug-likeness (QED) is 0.768. The molecule has 144 valence electrons. The number of anilines is 2. The number of amides is 1. The van der Waals surface area contributed by atoms with Gasteiger partial charge in [-0.05, 0) is 37.6 Å². The Kier molecular flexibility index (Phi) is 9.94. The molecule has 0 unspecified atom stereocenters. The Morgan fingerprint density at radius 3 is 2.62 bits per heavy atom. The molecule has 2 aromatic rings. The third-order valence-corrected chi connectivity index (χ3v) is 5.13. The first kappa shape index (κ1) is 22.7. The summed E-state index contributed by atoms with van der Waals surface area (Å²) in [5, 5.41) is 5.65. The highest BCUT2D eigenvalue weighted by atomic mass is 35.5. The van der Waals surface area contributed by atoms with Gasteiger partial charge in [-0.2, -0.15) is 0 Å². The minimum absolute atomic E-state index is 0. The fourth-order valence-corrected chi connectivity index (χ4v) is 3.75. The third-order valence-electron chi connectivity index (χ3n) is 4.22. The zero-order chi connectivity index (χ0) is 16.8. The summed E-state index contributed by atoms with van der Waals surface area (Å²) in [7, 11) is 0. The molecule has 0 radical (unpaired) electrons. The van der Waals surface area contributed by atoms with Crippen LogP contribution in [-0.4, -0.2) is 30.5 Å². The zero-order valence-corrected chi connectivity index (χ0v) is 17.1. The monoisotopic (exact) mass is 416 g/mol. The van der Waals surface area contributed by atoms with Crippen LogP contribution in [0.1, 0.15) is 41.2 Å². The van der Waals surface area contributed by atoms with Crippen LogP contribution < -0.4 is 16.0 Å². The standard InChI is InChI=1S/C18H24N4OS.2ClH/c19-9-8-17-21-16(13-24-17)18(23)20-14-6-5-7-15(12-14)22-10-3-1-2-4-11-22;;/h5-7,12-13H,1-4,8-11,19H2,(H,20,23);2*1H. The second-order valence-electron chi connectivity index (χ2n) is 6.07. The molecule has 0 spiro atoms. The molecule has 2 heterocycles. The van der Waals surface area contributed by atoms with Gasteiger partial charge in [-0.1, -0.05) is 18.9 Å². The van der Waals surface area contributed by atoms with Crippen molar-refractivity contribution in [3.05, 3.63) is 40.3 Å². The van der Waals surface area contributed by atoms with Gasteiger partial charge in [0.25, 0.3) is 5.91 Å². The van der Waals surface area contributed by atoms with Crippen LogP contribution in [0, 0.1) is 0 Å². The lowest BCUT2D eigenvalue weighted by Gasteiger charge is -2.23. The Morgan fingerprint density at radius 2 is 1.92 bits per heavy atom. The molecule has 1 aliphatic heterocycles. The number of aromatic nitrogens is 1. The molecule has 1 saturated heterocycles. The molecule has 0 aliphatic carbocycles. The summed E-state index contributed by atoms with van der Waals surface area (Å²) in [6.07, 6.45) is 5.80. The van der Waals surface area contributed by atoms with Gasteiger partial charge in [0.1, 0.15) is 5.69 Å². The van der Waals surface area contributed by atoms with Gasteiger partial charge >= 0.3 is 0 Å². The molecule has 1 fully saturated rings. The van der Waals surface area contributed by atoms with Crippen molar-refractivity contribution in [2.75, 3.05) is 29.9 Å². The molecular formula is C18H26Cl2N4OS. The van der Waals surface area contributed by atoms with Crippen LogP contribution in [0.3, 0.4) is 0 Å². The Morgan fingerprint density at radius 1 is 1.19 bits per heavy atom. The summed E-state index contributed by atoms with van der Waals surface area (Å²) < 4.78 is 0. The van der Waals surface area contributed by atoms with Crippen LogP contribution in [0.4, 0.5) is 11.4 Å². The van der Waals surface area contributed by atoms with Crippen LogP contribution in [0.5, 0.6) is 0 Å². The van der Waals surface area contributed by atoms with E-state index in [-0.39, 0.29) is 30.7 Å². The number of hydrogen-bond acceptors (Lipinski definition) is 5. The van der Waals surface area contributed by atoms with E-state index in [4.69, 9.17) is 5.73 Å². The molecule has 3 N–H and O–H groups in total. The molecule has 3 rings (SSSR count). The van der Waals surface area contributed by atoms with Gasteiger partial charge in [0.2, 0.25) is 0 Å². The van der Waals surface area contributed by atoms with Gasteiger partial charge < -0.3 is 16.0 Å². The van der Waals surface area contributed by atoms with Crippen molar-refractivity contribution < 1.29 is 4.79 Å². The summed E-state index contributed by atoms with van der Waals surface area (Å²) in [5.74, 6) is -0.164. The highest BCUT2D eigenvalue weighted by molar-refractivity contribution is 7.09. The topological polar surface area (TPSA) is 71.2 Å². The smallest absolute Gasteiger partial charge is 0.275 e. The van der Waals surface area contributed by atoms with E-state index in [9.17, 15) is 4.79 Å². The number of rotatable bonds is 5. The highest BCUT2D eigenvalue weighted by Crippen LogP contribution is 2.23. The highest BCUT2D eigenvalue weighted by Gasteiger charge is 2.13.